The van der Waals surface area contributed by atoms with Gasteiger partial charge in [0.1, 0.15) is 18.1 Å². The maximum absolute atomic E-state index is 12.4. The van der Waals surface area contributed by atoms with Crippen molar-refractivity contribution in [1.82, 2.24) is 4.72 Å². The van der Waals surface area contributed by atoms with Crippen molar-refractivity contribution in [2.45, 2.75) is 4.90 Å². The summed E-state index contributed by atoms with van der Waals surface area (Å²) in [6.45, 7) is 0.417. The Balaban J connectivity index is 1.58. The van der Waals surface area contributed by atoms with Crippen molar-refractivity contribution in [1.29, 1.82) is 0 Å². The Bertz CT molecular complexity index is 953. The summed E-state index contributed by atoms with van der Waals surface area (Å²) < 4.78 is 37.9. The van der Waals surface area contributed by atoms with Crippen LogP contribution in [0.3, 0.4) is 0 Å². The van der Waals surface area contributed by atoms with Gasteiger partial charge in [0.15, 0.2) is 0 Å². The molecule has 3 aromatic carbocycles. The van der Waals surface area contributed by atoms with E-state index in [1.165, 1.54) is 0 Å². The molecule has 130 valence electrons. The predicted octanol–water partition coefficient (Wildman–Crippen LogP) is 3.21. The summed E-state index contributed by atoms with van der Waals surface area (Å²) in [5, 5.41) is 1.89. The van der Waals surface area contributed by atoms with Crippen molar-refractivity contribution in [3.63, 3.8) is 0 Å². The zero-order valence-electron chi connectivity index (χ0n) is 13.8. The second-order valence-corrected chi connectivity index (χ2v) is 7.20. The van der Waals surface area contributed by atoms with Gasteiger partial charge >= 0.3 is 0 Å². The molecule has 0 fully saturated rings. The highest BCUT2D eigenvalue weighted by molar-refractivity contribution is 7.89. The van der Waals surface area contributed by atoms with Crippen molar-refractivity contribution >= 4 is 20.8 Å². The Morgan fingerprint density at radius 2 is 1.56 bits per heavy atom. The van der Waals surface area contributed by atoms with Crippen molar-refractivity contribution < 1.29 is 17.9 Å². The number of fused-ring (bicyclic) bond motifs is 1. The van der Waals surface area contributed by atoms with E-state index in [-0.39, 0.29) is 18.0 Å². The maximum atomic E-state index is 12.4. The SMILES string of the molecule is COc1ccc(OCCNS(=O)(=O)c2ccc3ccccc3c2)cc1. The van der Waals surface area contributed by atoms with Gasteiger partial charge in [0, 0.05) is 6.54 Å². The van der Waals surface area contributed by atoms with Crippen LogP contribution in [-0.4, -0.2) is 28.7 Å². The summed E-state index contributed by atoms with van der Waals surface area (Å²) in [7, 11) is -1.97. The lowest BCUT2D eigenvalue weighted by Gasteiger charge is -2.09. The molecule has 0 bridgehead atoms. The van der Waals surface area contributed by atoms with Crippen molar-refractivity contribution in [3.05, 3.63) is 66.7 Å². The minimum Gasteiger partial charge on any atom is -0.497 e. The third-order valence-electron chi connectivity index (χ3n) is 3.75. The average Bonchev–Trinajstić information content (AvgIpc) is 2.65. The van der Waals surface area contributed by atoms with Crippen molar-refractivity contribution in [2.75, 3.05) is 20.3 Å². The predicted molar refractivity (Wildman–Crippen MR) is 97.6 cm³/mol. The molecule has 0 amide bonds. The van der Waals surface area contributed by atoms with E-state index < -0.39 is 10.0 Å². The highest BCUT2D eigenvalue weighted by Gasteiger charge is 2.13. The zero-order valence-corrected chi connectivity index (χ0v) is 14.6. The van der Waals surface area contributed by atoms with Gasteiger partial charge in [-0.1, -0.05) is 30.3 Å². The minimum atomic E-state index is -3.57. The Kier molecular flexibility index (Phi) is 5.21. The van der Waals surface area contributed by atoms with Crippen LogP contribution < -0.4 is 14.2 Å². The van der Waals surface area contributed by atoms with E-state index in [4.69, 9.17) is 9.47 Å². The molecule has 1 N–H and O–H groups in total. The molecule has 0 aliphatic rings. The molecular weight excluding hydrogens is 338 g/mol. The highest BCUT2D eigenvalue weighted by atomic mass is 32.2. The molecule has 0 heterocycles. The van der Waals surface area contributed by atoms with Gasteiger partial charge in [-0.25, -0.2) is 13.1 Å². The van der Waals surface area contributed by atoms with Crippen LogP contribution in [0.4, 0.5) is 0 Å². The number of hydrogen-bond donors (Lipinski definition) is 1. The van der Waals surface area contributed by atoms with Gasteiger partial charge in [-0.15, -0.1) is 0 Å². The van der Waals surface area contributed by atoms with Crippen LogP contribution in [0.5, 0.6) is 11.5 Å². The van der Waals surface area contributed by atoms with Gasteiger partial charge in [-0.3, -0.25) is 0 Å². The first-order valence-electron chi connectivity index (χ1n) is 7.84. The van der Waals surface area contributed by atoms with E-state index in [0.29, 0.717) is 5.75 Å². The van der Waals surface area contributed by atoms with Crippen LogP contribution in [0.25, 0.3) is 10.8 Å². The number of sulfonamides is 1. The molecule has 0 aliphatic carbocycles. The van der Waals surface area contributed by atoms with Crippen LogP contribution in [0.15, 0.2) is 71.6 Å². The van der Waals surface area contributed by atoms with E-state index in [0.717, 1.165) is 16.5 Å². The highest BCUT2D eigenvalue weighted by Crippen LogP contribution is 2.19. The molecule has 6 heteroatoms. The Morgan fingerprint density at radius 1 is 0.880 bits per heavy atom. The number of benzene rings is 3. The first kappa shape index (κ1) is 17.3. The number of methoxy groups -OCH3 is 1. The summed E-state index contributed by atoms with van der Waals surface area (Å²) in [5.41, 5.74) is 0. The third kappa shape index (κ3) is 4.29. The first-order valence-corrected chi connectivity index (χ1v) is 9.32. The number of rotatable bonds is 7. The molecule has 0 aliphatic heterocycles. The van der Waals surface area contributed by atoms with Gasteiger partial charge in [-0.05, 0) is 47.2 Å². The zero-order chi connectivity index (χ0) is 17.7. The minimum absolute atomic E-state index is 0.182. The van der Waals surface area contributed by atoms with Crippen molar-refractivity contribution in [3.8, 4) is 11.5 Å². The summed E-state index contributed by atoms with van der Waals surface area (Å²) in [4.78, 5) is 0.246. The topological polar surface area (TPSA) is 64.6 Å². The smallest absolute Gasteiger partial charge is 0.240 e. The molecule has 3 aromatic rings. The Hall–Kier alpha value is -2.57. The molecule has 0 saturated carbocycles. The van der Waals surface area contributed by atoms with E-state index in [1.54, 1.807) is 49.6 Å². The van der Waals surface area contributed by atoms with Gasteiger partial charge in [0.25, 0.3) is 0 Å². The lowest BCUT2D eigenvalue weighted by molar-refractivity contribution is 0.322. The second-order valence-electron chi connectivity index (χ2n) is 5.43. The lowest BCUT2D eigenvalue weighted by Crippen LogP contribution is -2.28. The molecule has 5 nitrogen and oxygen atoms in total. The monoisotopic (exact) mass is 357 g/mol. The largest absolute Gasteiger partial charge is 0.497 e. The van der Waals surface area contributed by atoms with E-state index >= 15 is 0 Å². The van der Waals surface area contributed by atoms with Gasteiger partial charge < -0.3 is 9.47 Å². The van der Waals surface area contributed by atoms with Gasteiger partial charge in [0.05, 0.1) is 12.0 Å². The molecule has 0 spiro atoms. The Morgan fingerprint density at radius 3 is 2.28 bits per heavy atom. The molecule has 0 unspecified atom stereocenters. The molecule has 0 saturated heterocycles. The third-order valence-corrected chi connectivity index (χ3v) is 5.21. The van der Waals surface area contributed by atoms with Gasteiger partial charge in [0.2, 0.25) is 10.0 Å². The van der Waals surface area contributed by atoms with E-state index in [1.807, 2.05) is 24.3 Å². The molecule has 25 heavy (non-hydrogen) atoms. The van der Waals surface area contributed by atoms with Crippen LogP contribution in [0, 0.1) is 0 Å². The maximum Gasteiger partial charge on any atom is 0.240 e. The number of nitrogens with one attached hydrogen (secondary N) is 1. The first-order chi connectivity index (χ1) is 12.1. The second kappa shape index (κ2) is 7.55. The normalized spacial score (nSPS) is 11.4. The molecule has 3 rings (SSSR count). The van der Waals surface area contributed by atoms with Gasteiger partial charge in [-0.2, -0.15) is 0 Å². The van der Waals surface area contributed by atoms with Crippen molar-refractivity contribution in [2.24, 2.45) is 0 Å². The standard InChI is InChI=1S/C19H19NO4S/c1-23-17-7-9-18(10-8-17)24-13-12-20-25(21,22)19-11-6-15-4-2-3-5-16(15)14-19/h2-11,14,20H,12-13H2,1H3. The fraction of sp³-hybridized carbons (Fsp3) is 0.158. The molecule has 0 aromatic heterocycles. The molecule has 0 radical (unpaired) electrons. The molecular formula is C19H19NO4S. The molecule has 0 atom stereocenters. The number of ether oxygens (including phenoxy) is 2. The fourth-order valence-corrected chi connectivity index (χ4v) is 3.48. The van der Waals surface area contributed by atoms with Crippen LogP contribution in [0.1, 0.15) is 0 Å². The lowest BCUT2D eigenvalue weighted by atomic mass is 10.1. The summed E-state index contributed by atoms with van der Waals surface area (Å²) in [6.07, 6.45) is 0. The summed E-state index contributed by atoms with van der Waals surface area (Å²) in [5.74, 6) is 1.40. The summed E-state index contributed by atoms with van der Waals surface area (Å²) in [6, 6.07) is 19.8. The van der Waals surface area contributed by atoms with Crippen LogP contribution >= 0.6 is 0 Å². The summed E-state index contributed by atoms with van der Waals surface area (Å²) >= 11 is 0. The number of hydrogen-bond acceptors (Lipinski definition) is 4. The van der Waals surface area contributed by atoms with E-state index in [2.05, 4.69) is 4.72 Å². The van der Waals surface area contributed by atoms with E-state index in [9.17, 15) is 8.42 Å². The van der Waals surface area contributed by atoms with Crippen LogP contribution in [0.2, 0.25) is 0 Å². The Labute approximate surface area is 147 Å². The fourth-order valence-electron chi connectivity index (χ4n) is 2.43. The average molecular weight is 357 g/mol. The quantitative estimate of drug-likeness (QED) is 0.660. The van der Waals surface area contributed by atoms with Crippen LogP contribution in [-0.2, 0) is 10.0 Å².